The molecular formula is C25H22N4O3. The number of amides is 1. The normalized spacial score (nSPS) is 10.7. The van der Waals surface area contributed by atoms with E-state index in [0.29, 0.717) is 5.69 Å². The Labute approximate surface area is 184 Å². The Morgan fingerprint density at radius 1 is 0.844 bits per heavy atom. The molecule has 0 bridgehead atoms. The van der Waals surface area contributed by atoms with Crippen molar-refractivity contribution in [1.29, 1.82) is 0 Å². The summed E-state index contributed by atoms with van der Waals surface area (Å²) in [6.45, 7) is 2.20. The van der Waals surface area contributed by atoms with E-state index in [-0.39, 0.29) is 18.8 Å². The van der Waals surface area contributed by atoms with Crippen molar-refractivity contribution in [3.05, 3.63) is 128 Å². The van der Waals surface area contributed by atoms with E-state index in [1.54, 1.807) is 12.1 Å². The SMILES string of the molecule is Cc1ccc(-n2nc(C(=O)NCc3ccccc3)c(=O)n(Cc3ccccc3)c2=O)cc1. The van der Waals surface area contributed by atoms with Gasteiger partial charge in [-0.15, -0.1) is 0 Å². The van der Waals surface area contributed by atoms with Gasteiger partial charge in [0.1, 0.15) is 0 Å². The lowest BCUT2D eigenvalue weighted by Gasteiger charge is -2.12. The highest BCUT2D eigenvalue weighted by molar-refractivity contribution is 5.91. The zero-order valence-corrected chi connectivity index (χ0v) is 17.6. The molecule has 0 aliphatic rings. The Morgan fingerprint density at radius 2 is 1.44 bits per heavy atom. The maximum atomic E-state index is 13.2. The summed E-state index contributed by atoms with van der Waals surface area (Å²) in [6, 6.07) is 25.6. The largest absolute Gasteiger partial charge is 0.352 e. The molecule has 0 aliphatic heterocycles. The number of carbonyl (C=O) groups is 1. The van der Waals surface area contributed by atoms with Crippen molar-refractivity contribution in [3.63, 3.8) is 0 Å². The van der Waals surface area contributed by atoms with Crippen LogP contribution in [0.25, 0.3) is 5.69 Å². The molecule has 0 unspecified atom stereocenters. The smallest absolute Gasteiger partial charge is 0.346 e. The van der Waals surface area contributed by atoms with Crippen LogP contribution in [0.15, 0.2) is 94.5 Å². The minimum atomic E-state index is -0.729. The van der Waals surface area contributed by atoms with Gasteiger partial charge in [-0.1, -0.05) is 78.4 Å². The second kappa shape index (κ2) is 9.26. The first-order valence-electron chi connectivity index (χ1n) is 10.2. The van der Waals surface area contributed by atoms with Crippen LogP contribution >= 0.6 is 0 Å². The predicted molar refractivity (Wildman–Crippen MR) is 122 cm³/mol. The maximum absolute atomic E-state index is 13.2. The molecule has 0 radical (unpaired) electrons. The fourth-order valence-electron chi connectivity index (χ4n) is 3.28. The molecule has 0 saturated heterocycles. The van der Waals surface area contributed by atoms with E-state index in [4.69, 9.17) is 0 Å². The Hall–Kier alpha value is -4.26. The molecule has 1 N–H and O–H groups in total. The van der Waals surface area contributed by atoms with Gasteiger partial charge in [-0.3, -0.25) is 14.2 Å². The number of nitrogens with one attached hydrogen (secondary N) is 1. The van der Waals surface area contributed by atoms with E-state index in [1.165, 1.54) is 0 Å². The van der Waals surface area contributed by atoms with Crippen molar-refractivity contribution in [2.45, 2.75) is 20.0 Å². The van der Waals surface area contributed by atoms with Gasteiger partial charge in [0.15, 0.2) is 0 Å². The molecule has 0 atom stereocenters. The molecule has 0 fully saturated rings. The number of benzene rings is 3. The summed E-state index contributed by atoms with van der Waals surface area (Å²) < 4.78 is 2.14. The fraction of sp³-hybridized carbons (Fsp3) is 0.120. The molecule has 0 aliphatic carbocycles. The van der Waals surface area contributed by atoms with Crippen LogP contribution in [-0.4, -0.2) is 20.3 Å². The molecular weight excluding hydrogens is 404 g/mol. The van der Waals surface area contributed by atoms with E-state index in [1.807, 2.05) is 79.7 Å². The lowest BCUT2D eigenvalue weighted by Crippen LogP contribution is -2.46. The van der Waals surface area contributed by atoms with Crippen LogP contribution in [-0.2, 0) is 13.1 Å². The third kappa shape index (κ3) is 4.57. The molecule has 3 aromatic carbocycles. The monoisotopic (exact) mass is 426 g/mol. The minimum absolute atomic E-state index is 0.0336. The average Bonchev–Trinajstić information content (AvgIpc) is 2.82. The maximum Gasteiger partial charge on any atom is 0.352 e. The summed E-state index contributed by atoms with van der Waals surface area (Å²) >= 11 is 0. The van der Waals surface area contributed by atoms with Crippen LogP contribution in [0.1, 0.15) is 27.2 Å². The standard InChI is InChI=1S/C25H22N4O3/c1-18-12-14-21(15-13-18)29-25(32)28(17-20-10-6-3-7-11-20)24(31)22(27-29)23(30)26-16-19-8-4-2-5-9-19/h2-15H,16-17H2,1H3,(H,26,30). The number of nitrogens with zero attached hydrogens (tertiary/aromatic N) is 3. The van der Waals surface area contributed by atoms with Crippen molar-refractivity contribution < 1.29 is 4.79 Å². The highest BCUT2D eigenvalue weighted by Gasteiger charge is 2.20. The molecule has 1 heterocycles. The molecule has 1 amide bonds. The molecule has 1 aromatic heterocycles. The first kappa shape index (κ1) is 21.0. The summed E-state index contributed by atoms with van der Waals surface area (Å²) in [5, 5.41) is 6.87. The van der Waals surface area contributed by atoms with Crippen LogP contribution in [0.5, 0.6) is 0 Å². The first-order valence-corrected chi connectivity index (χ1v) is 10.2. The lowest BCUT2D eigenvalue weighted by atomic mass is 10.2. The van der Waals surface area contributed by atoms with E-state index in [0.717, 1.165) is 25.9 Å². The topological polar surface area (TPSA) is 86.0 Å². The summed E-state index contributed by atoms with van der Waals surface area (Å²) in [4.78, 5) is 39.2. The Morgan fingerprint density at radius 3 is 2.06 bits per heavy atom. The number of carbonyl (C=O) groups excluding carboxylic acids is 1. The van der Waals surface area contributed by atoms with Gasteiger partial charge < -0.3 is 5.32 Å². The van der Waals surface area contributed by atoms with Gasteiger partial charge in [-0.2, -0.15) is 9.78 Å². The van der Waals surface area contributed by atoms with E-state index in [9.17, 15) is 14.4 Å². The highest BCUT2D eigenvalue weighted by Crippen LogP contribution is 2.07. The van der Waals surface area contributed by atoms with Crippen LogP contribution in [0.4, 0.5) is 0 Å². The Kier molecular flexibility index (Phi) is 6.07. The first-order chi connectivity index (χ1) is 15.5. The van der Waals surface area contributed by atoms with Crippen LogP contribution in [0.3, 0.4) is 0 Å². The van der Waals surface area contributed by atoms with Crippen LogP contribution < -0.4 is 16.6 Å². The number of aromatic nitrogens is 3. The fourth-order valence-corrected chi connectivity index (χ4v) is 3.28. The quantitative estimate of drug-likeness (QED) is 0.514. The van der Waals surface area contributed by atoms with Crippen molar-refractivity contribution in [2.24, 2.45) is 0 Å². The number of hydrogen-bond acceptors (Lipinski definition) is 4. The second-order valence-electron chi connectivity index (χ2n) is 7.42. The van der Waals surface area contributed by atoms with Gasteiger partial charge in [-0.05, 0) is 30.2 Å². The van der Waals surface area contributed by atoms with E-state index < -0.39 is 17.2 Å². The van der Waals surface area contributed by atoms with E-state index in [2.05, 4.69) is 10.4 Å². The molecule has 0 spiro atoms. The minimum Gasteiger partial charge on any atom is -0.346 e. The summed E-state index contributed by atoms with van der Waals surface area (Å²) in [5.74, 6) is -0.637. The summed E-state index contributed by atoms with van der Waals surface area (Å²) in [5.41, 5.74) is 1.47. The molecule has 7 heteroatoms. The van der Waals surface area contributed by atoms with E-state index >= 15 is 0 Å². The third-order valence-electron chi connectivity index (χ3n) is 5.03. The highest BCUT2D eigenvalue weighted by atomic mass is 16.2. The lowest BCUT2D eigenvalue weighted by molar-refractivity contribution is 0.0941. The van der Waals surface area contributed by atoms with Crippen molar-refractivity contribution >= 4 is 5.91 Å². The van der Waals surface area contributed by atoms with Gasteiger partial charge in [0.25, 0.3) is 11.5 Å². The van der Waals surface area contributed by atoms with Crippen molar-refractivity contribution in [2.75, 3.05) is 0 Å². The Bertz CT molecular complexity index is 1340. The number of rotatable bonds is 6. The molecule has 0 saturated carbocycles. The van der Waals surface area contributed by atoms with Gasteiger partial charge in [-0.25, -0.2) is 4.79 Å². The van der Waals surface area contributed by atoms with Crippen molar-refractivity contribution in [3.8, 4) is 5.69 Å². The van der Waals surface area contributed by atoms with Gasteiger partial charge in [0.05, 0.1) is 12.2 Å². The molecule has 160 valence electrons. The molecule has 4 rings (SSSR count). The zero-order chi connectivity index (χ0) is 22.5. The van der Waals surface area contributed by atoms with Crippen LogP contribution in [0.2, 0.25) is 0 Å². The van der Waals surface area contributed by atoms with Gasteiger partial charge in [0.2, 0.25) is 5.69 Å². The summed E-state index contributed by atoms with van der Waals surface area (Å²) in [7, 11) is 0. The molecule has 4 aromatic rings. The predicted octanol–water partition coefficient (Wildman–Crippen LogP) is 2.68. The number of hydrogen-bond donors (Lipinski definition) is 1. The van der Waals surface area contributed by atoms with Gasteiger partial charge >= 0.3 is 5.69 Å². The zero-order valence-electron chi connectivity index (χ0n) is 17.6. The third-order valence-corrected chi connectivity index (χ3v) is 5.03. The second-order valence-corrected chi connectivity index (χ2v) is 7.42. The molecule has 32 heavy (non-hydrogen) atoms. The van der Waals surface area contributed by atoms with Crippen molar-refractivity contribution in [1.82, 2.24) is 19.7 Å². The summed E-state index contributed by atoms with van der Waals surface area (Å²) in [6.07, 6.45) is 0. The Balaban J connectivity index is 1.77. The molecule has 7 nitrogen and oxygen atoms in total. The van der Waals surface area contributed by atoms with Gasteiger partial charge in [0, 0.05) is 6.54 Å². The average molecular weight is 426 g/mol. The van der Waals surface area contributed by atoms with Crippen LogP contribution in [0, 0.1) is 6.92 Å². The number of aryl methyl sites for hydroxylation is 1.